The largest absolute Gasteiger partial charge is 0.316 e. The third-order valence-electron chi connectivity index (χ3n) is 4.94. The third-order valence-corrected chi connectivity index (χ3v) is 5.56. The van der Waals surface area contributed by atoms with Crippen LogP contribution in [0, 0.1) is 11.2 Å². The topological polar surface area (TPSA) is 12.0 Å². The van der Waals surface area contributed by atoms with Gasteiger partial charge in [0.15, 0.2) is 0 Å². The molecule has 0 aliphatic heterocycles. The number of benzene rings is 1. The zero-order valence-corrected chi connectivity index (χ0v) is 13.1. The minimum atomic E-state index is -0.380. The van der Waals surface area contributed by atoms with Crippen LogP contribution in [0.5, 0.6) is 0 Å². The second-order valence-electron chi connectivity index (χ2n) is 5.36. The van der Waals surface area contributed by atoms with Gasteiger partial charge in [0.25, 0.3) is 0 Å². The van der Waals surface area contributed by atoms with Crippen LogP contribution in [0.3, 0.4) is 0 Å². The smallest absolute Gasteiger partial charge is 0.142 e. The van der Waals surface area contributed by atoms with Crippen LogP contribution < -0.4 is 5.32 Å². The normalized spacial score (nSPS) is 25.2. The van der Waals surface area contributed by atoms with E-state index in [1.165, 1.54) is 12.1 Å². The summed E-state index contributed by atoms with van der Waals surface area (Å²) in [6, 6.07) is 3.51. The molecule has 19 heavy (non-hydrogen) atoms. The monoisotopic (exact) mass is 303 g/mol. The molecule has 2 rings (SSSR count). The van der Waals surface area contributed by atoms with Gasteiger partial charge in [0.1, 0.15) is 5.82 Å². The first-order valence-electron chi connectivity index (χ1n) is 6.81. The van der Waals surface area contributed by atoms with E-state index < -0.39 is 0 Å². The molecule has 0 heterocycles. The minimum Gasteiger partial charge on any atom is -0.316 e. The number of hydrogen-bond donors (Lipinski definition) is 1. The van der Waals surface area contributed by atoms with Gasteiger partial charge in [-0.1, -0.05) is 37.0 Å². The van der Waals surface area contributed by atoms with Gasteiger partial charge in [-0.3, -0.25) is 0 Å². The van der Waals surface area contributed by atoms with E-state index in [1.807, 2.05) is 7.05 Å². The van der Waals surface area contributed by atoms with Crippen molar-refractivity contribution < 1.29 is 4.39 Å². The molecular weight excluding hydrogens is 284 g/mol. The summed E-state index contributed by atoms with van der Waals surface area (Å²) in [6.45, 7) is 4.39. The van der Waals surface area contributed by atoms with Crippen molar-refractivity contribution >= 4 is 23.2 Å². The predicted octanol–water partition coefficient (Wildman–Crippen LogP) is 5.01. The fraction of sp³-hybridized carbons (Fsp3) is 0.600. The molecule has 1 saturated carbocycles. The number of hydrogen-bond acceptors (Lipinski definition) is 1. The second-order valence-corrected chi connectivity index (χ2v) is 6.17. The van der Waals surface area contributed by atoms with Crippen molar-refractivity contribution in [2.24, 2.45) is 5.41 Å². The van der Waals surface area contributed by atoms with E-state index in [-0.39, 0.29) is 16.3 Å². The molecule has 1 N–H and O–H groups in total. The molecule has 2 unspecified atom stereocenters. The summed E-state index contributed by atoms with van der Waals surface area (Å²) in [5.74, 6) is -0.0747. The SMILES string of the molecule is CCC1(CC)C(NC)CC1c1cc(F)c(Cl)cc1Cl. The van der Waals surface area contributed by atoms with Gasteiger partial charge in [0.05, 0.1) is 5.02 Å². The van der Waals surface area contributed by atoms with Gasteiger partial charge in [0.2, 0.25) is 0 Å². The highest BCUT2D eigenvalue weighted by molar-refractivity contribution is 6.35. The lowest BCUT2D eigenvalue weighted by Gasteiger charge is -2.56. The van der Waals surface area contributed by atoms with Crippen LogP contribution >= 0.6 is 23.2 Å². The van der Waals surface area contributed by atoms with Gasteiger partial charge in [-0.15, -0.1) is 0 Å². The Morgan fingerprint density at radius 1 is 1.26 bits per heavy atom. The maximum Gasteiger partial charge on any atom is 0.142 e. The van der Waals surface area contributed by atoms with Crippen molar-refractivity contribution in [2.45, 2.75) is 45.1 Å². The van der Waals surface area contributed by atoms with Crippen molar-refractivity contribution in [1.82, 2.24) is 5.32 Å². The summed E-state index contributed by atoms with van der Waals surface area (Å²) < 4.78 is 13.7. The summed E-state index contributed by atoms with van der Waals surface area (Å²) in [7, 11) is 1.99. The zero-order valence-electron chi connectivity index (χ0n) is 11.6. The molecule has 0 aromatic heterocycles. The number of nitrogens with one attached hydrogen (secondary N) is 1. The predicted molar refractivity (Wildman–Crippen MR) is 79.6 cm³/mol. The first-order valence-corrected chi connectivity index (χ1v) is 7.57. The van der Waals surface area contributed by atoms with Gasteiger partial charge in [-0.05, 0) is 55.3 Å². The lowest BCUT2D eigenvalue weighted by atomic mass is 9.52. The minimum absolute atomic E-state index is 0.0943. The molecule has 1 aliphatic carbocycles. The quantitative estimate of drug-likeness (QED) is 0.771. The zero-order chi connectivity index (χ0) is 14.2. The molecule has 0 bridgehead atoms. The van der Waals surface area contributed by atoms with Crippen molar-refractivity contribution in [3.05, 3.63) is 33.6 Å². The molecule has 4 heteroatoms. The Morgan fingerprint density at radius 2 is 1.89 bits per heavy atom. The van der Waals surface area contributed by atoms with Crippen LogP contribution in [0.1, 0.15) is 44.6 Å². The van der Waals surface area contributed by atoms with E-state index in [0.29, 0.717) is 17.0 Å². The molecule has 1 nitrogen and oxygen atoms in total. The lowest BCUT2D eigenvalue weighted by molar-refractivity contribution is 0.0245. The number of rotatable bonds is 4. The Labute approximate surface area is 124 Å². The lowest BCUT2D eigenvalue weighted by Crippen LogP contribution is -2.57. The van der Waals surface area contributed by atoms with Crippen molar-refractivity contribution in [1.29, 1.82) is 0 Å². The van der Waals surface area contributed by atoms with Crippen LogP contribution in [-0.2, 0) is 0 Å². The van der Waals surface area contributed by atoms with Crippen molar-refractivity contribution in [2.75, 3.05) is 7.05 Å². The Hall–Kier alpha value is -0.310. The van der Waals surface area contributed by atoms with Crippen molar-refractivity contribution in [3.8, 4) is 0 Å². The van der Waals surface area contributed by atoms with E-state index >= 15 is 0 Å². The van der Waals surface area contributed by atoms with E-state index in [1.54, 1.807) is 0 Å². The van der Waals surface area contributed by atoms with Crippen LogP contribution in [0.4, 0.5) is 4.39 Å². The maximum atomic E-state index is 13.7. The highest BCUT2D eigenvalue weighted by atomic mass is 35.5. The van der Waals surface area contributed by atoms with Gasteiger partial charge in [-0.2, -0.15) is 0 Å². The van der Waals surface area contributed by atoms with Crippen LogP contribution in [-0.4, -0.2) is 13.1 Å². The molecule has 1 aromatic rings. The Balaban J connectivity index is 2.40. The Bertz CT molecular complexity index is 471. The van der Waals surface area contributed by atoms with E-state index in [4.69, 9.17) is 23.2 Å². The highest BCUT2D eigenvalue weighted by Gasteiger charge is 2.52. The average Bonchev–Trinajstić information content (AvgIpc) is 2.36. The fourth-order valence-corrected chi connectivity index (χ4v) is 4.18. The molecule has 1 aliphatic rings. The van der Waals surface area contributed by atoms with Crippen molar-refractivity contribution in [3.63, 3.8) is 0 Å². The molecule has 0 radical (unpaired) electrons. The van der Waals surface area contributed by atoms with E-state index in [9.17, 15) is 4.39 Å². The van der Waals surface area contributed by atoms with E-state index in [2.05, 4.69) is 19.2 Å². The maximum absolute atomic E-state index is 13.7. The molecule has 1 fully saturated rings. The first kappa shape index (κ1) is 15.1. The average molecular weight is 304 g/mol. The first-order chi connectivity index (χ1) is 9.00. The van der Waals surface area contributed by atoms with Gasteiger partial charge < -0.3 is 5.32 Å². The van der Waals surface area contributed by atoms with Crippen LogP contribution in [0.25, 0.3) is 0 Å². The molecular formula is C15H20Cl2FN. The van der Waals surface area contributed by atoms with Gasteiger partial charge in [0, 0.05) is 11.1 Å². The number of halogens is 3. The Morgan fingerprint density at radius 3 is 2.42 bits per heavy atom. The third kappa shape index (κ3) is 2.28. The summed E-state index contributed by atoms with van der Waals surface area (Å²) in [6.07, 6.45) is 3.11. The second kappa shape index (κ2) is 5.59. The molecule has 2 atom stereocenters. The fourth-order valence-electron chi connectivity index (χ4n) is 3.67. The molecule has 0 saturated heterocycles. The van der Waals surface area contributed by atoms with Crippen LogP contribution in [0.2, 0.25) is 10.0 Å². The van der Waals surface area contributed by atoms with Gasteiger partial charge in [-0.25, -0.2) is 4.39 Å². The molecule has 0 spiro atoms. The van der Waals surface area contributed by atoms with E-state index in [0.717, 1.165) is 24.8 Å². The molecule has 1 aromatic carbocycles. The summed E-state index contributed by atoms with van der Waals surface area (Å²) in [4.78, 5) is 0. The van der Waals surface area contributed by atoms with Crippen LogP contribution in [0.15, 0.2) is 12.1 Å². The highest BCUT2D eigenvalue weighted by Crippen LogP contribution is 2.58. The molecule has 106 valence electrons. The summed E-state index contributed by atoms with van der Waals surface area (Å²) in [5.41, 5.74) is 1.07. The standard InChI is InChI=1S/C15H20Cl2FN/c1-4-15(5-2)10(7-14(15)19-3)9-6-13(18)12(17)8-11(9)16/h6,8,10,14,19H,4-5,7H2,1-3H3. The van der Waals surface area contributed by atoms with Gasteiger partial charge >= 0.3 is 0 Å². The summed E-state index contributed by atoms with van der Waals surface area (Å²) >= 11 is 12.0. The summed E-state index contributed by atoms with van der Waals surface area (Å²) in [5, 5.41) is 4.05. The molecule has 0 amide bonds. The Kier molecular flexibility index (Phi) is 4.44.